The average Bonchev–Trinajstić information content (AvgIpc) is 2.61. The first-order valence-electron chi connectivity index (χ1n) is 8.33. The lowest BCUT2D eigenvalue weighted by molar-refractivity contribution is -0.275. The molecule has 0 bridgehead atoms. The van der Waals surface area contributed by atoms with Crippen molar-refractivity contribution >= 4 is 0 Å². The Bertz CT molecular complexity index is 705. The number of para-hydroxylation sites is 1. The molecule has 25 heavy (non-hydrogen) atoms. The Hall–Kier alpha value is -2.05. The molecule has 1 aliphatic rings. The van der Waals surface area contributed by atoms with E-state index < -0.39 is 11.9 Å². The molecule has 2 aromatic carbocycles. The molecule has 1 atom stereocenters. The molecule has 2 aromatic rings. The van der Waals surface area contributed by atoms with Gasteiger partial charge in [-0.15, -0.1) is 13.2 Å². The molecule has 6 heteroatoms. The van der Waals surface area contributed by atoms with E-state index in [2.05, 4.69) is 10.2 Å². The lowest BCUT2D eigenvalue weighted by atomic mass is 9.75. The van der Waals surface area contributed by atoms with E-state index in [1.54, 1.807) is 25.2 Å². The van der Waals surface area contributed by atoms with Gasteiger partial charge in [0.1, 0.15) is 5.75 Å². The van der Waals surface area contributed by atoms with E-state index >= 15 is 0 Å². The summed E-state index contributed by atoms with van der Waals surface area (Å²) < 4.78 is 43.2. The standard InChI is InChI=1S/C19H21F3N2O/c1-23-24-14-8-7-13-18(24,15-9-3-2-4-10-15)16-11-5-6-12-17(16)25-19(20,21)22/h2-6,9-12,23H,7-8,13-14H2,1H3. The minimum absolute atomic E-state index is 0.152. The van der Waals surface area contributed by atoms with Gasteiger partial charge < -0.3 is 4.74 Å². The summed E-state index contributed by atoms with van der Waals surface area (Å²) >= 11 is 0. The van der Waals surface area contributed by atoms with Gasteiger partial charge in [0, 0.05) is 12.1 Å². The molecule has 0 amide bonds. The van der Waals surface area contributed by atoms with E-state index in [0.717, 1.165) is 24.9 Å². The number of nitrogens with one attached hydrogen (secondary N) is 1. The second kappa shape index (κ2) is 7.06. The highest BCUT2D eigenvalue weighted by Gasteiger charge is 2.45. The second-order valence-electron chi connectivity index (χ2n) is 6.10. The summed E-state index contributed by atoms with van der Waals surface area (Å²) in [5.74, 6) is -0.152. The number of hydrogen-bond donors (Lipinski definition) is 1. The van der Waals surface area contributed by atoms with Gasteiger partial charge in [-0.2, -0.15) is 0 Å². The average molecular weight is 350 g/mol. The molecule has 1 aliphatic heterocycles. The monoisotopic (exact) mass is 350 g/mol. The van der Waals surface area contributed by atoms with Crippen molar-refractivity contribution in [2.45, 2.75) is 31.2 Å². The van der Waals surface area contributed by atoms with Crippen LogP contribution in [0, 0.1) is 0 Å². The number of alkyl halides is 3. The van der Waals surface area contributed by atoms with Crippen molar-refractivity contribution in [1.82, 2.24) is 10.4 Å². The summed E-state index contributed by atoms with van der Waals surface area (Å²) in [6.07, 6.45) is -2.12. The van der Waals surface area contributed by atoms with Crippen LogP contribution in [0.15, 0.2) is 54.6 Å². The van der Waals surface area contributed by atoms with Gasteiger partial charge in [0.05, 0.1) is 5.54 Å². The normalized spacial score (nSPS) is 21.9. The zero-order valence-corrected chi connectivity index (χ0v) is 14.0. The molecule has 134 valence electrons. The first-order chi connectivity index (χ1) is 12.0. The molecule has 1 unspecified atom stereocenters. The van der Waals surface area contributed by atoms with E-state index in [9.17, 15) is 13.2 Å². The van der Waals surface area contributed by atoms with Crippen LogP contribution in [0.1, 0.15) is 30.4 Å². The molecule has 3 rings (SSSR count). The van der Waals surface area contributed by atoms with Crippen LogP contribution in [0.4, 0.5) is 13.2 Å². The number of hydrazine groups is 1. The number of hydrogen-bond acceptors (Lipinski definition) is 3. The van der Waals surface area contributed by atoms with E-state index in [-0.39, 0.29) is 5.75 Å². The maximum atomic E-state index is 12.9. The summed E-state index contributed by atoms with van der Waals surface area (Å²) in [6, 6.07) is 16.1. The van der Waals surface area contributed by atoms with E-state index in [1.165, 1.54) is 6.07 Å². The van der Waals surface area contributed by atoms with Crippen LogP contribution in [0.3, 0.4) is 0 Å². The maximum absolute atomic E-state index is 12.9. The summed E-state index contributed by atoms with van der Waals surface area (Å²) in [7, 11) is 1.80. The Kier molecular flexibility index (Phi) is 5.01. The predicted molar refractivity (Wildman–Crippen MR) is 90.0 cm³/mol. The van der Waals surface area contributed by atoms with Crippen LogP contribution in [-0.4, -0.2) is 25.0 Å². The number of nitrogens with zero attached hydrogens (tertiary/aromatic N) is 1. The Labute approximate surface area is 145 Å². The highest BCUT2D eigenvalue weighted by Crippen LogP contribution is 2.46. The number of halogens is 3. The fourth-order valence-electron chi connectivity index (χ4n) is 3.75. The molecule has 1 heterocycles. The third-order valence-electron chi connectivity index (χ3n) is 4.71. The second-order valence-corrected chi connectivity index (χ2v) is 6.10. The molecule has 0 aliphatic carbocycles. The van der Waals surface area contributed by atoms with E-state index in [4.69, 9.17) is 0 Å². The van der Waals surface area contributed by atoms with Gasteiger partial charge in [-0.05, 0) is 37.9 Å². The number of rotatable bonds is 4. The van der Waals surface area contributed by atoms with Gasteiger partial charge >= 0.3 is 6.36 Å². The molecule has 3 nitrogen and oxygen atoms in total. The summed E-state index contributed by atoms with van der Waals surface area (Å²) in [4.78, 5) is 0. The Morgan fingerprint density at radius 3 is 2.36 bits per heavy atom. The first kappa shape index (κ1) is 17.8. The minimum atomic E-state index is -4.73. The van der Waals surface area contributed by atoms with Crippen LogP contribution in [0.25, 0.3) is 0 Å². The molecule has 0 aromatic heterocycles. The highest BCUT2D eigenvalue weighted by atomic mass is 19.4. The molecule has 0 radical (unpaired) electrons. The van der Waals surface area contributed by atoms with Gasteiger partial charge in [0.2, 0.25) is 0 Å². The van der Waals surface area contributed by atoms with Crippen molar-refractivity contribution in [3.05, 3.63) is 65.7 Å². The number of benzene rings is 2. The highest BCUT2D eigenvalue weighted by molar-refractivity contribution is 5.47. The van der Waals surface area contributed by atoms with Gasteiger partial charge in [-0.25, -0.2) is 5.01 Å². The third kappa shape index (κ3) is 3.50. The molecule has 1 fully saturated rings. The molecular weight excluding hydrogens is 329 g/mol. The maximum Gasteiger partial charge on any atom is 0.573 e. The zero-order chi connectivity index (χ0) is 17.9. The Morgan fingerprint density at radius 2 is 1.68 bits per heavy atom. The van der Waals surface area contributed by atoms with Crippen LogP contribution < -0.4 is 10.2 Å². The summed E-state index contributed by atoms with van der Waals surface area (Å²) in [6.45, 7) is 0.742. The number of piperidine rings is 1. The van der Waals surface area contributed by atoms with Crippen LogP contribution in [0.5, 0.6) is 5.75 Å². The molecule has 1 N–H and O–H groups in total. The smallest absolute Gasteiger partial charge is 0.405 e. The van der Waals surface area contributed by atoms with Crippen molar-refractivity contribution < 1.29 is 17.9 Å². The molecule has 0 spiro atoms. The van der Waals surface area contributed by atoms with E-state index in [1.807, 2.05) is 35.3 Å². The topological polar surface area (TPSA) is 24.5 Å². The molecule has 1 saturated heterocycles. The molecule has 0 saturated carbocycles. The lowest BCUT2D eigenvalue weighted by Crippen LogP contribution is -2.55. The van der Waals surface area contributed by atoms with Crippen molar-refractivity contribution in [3.63, 3.8) is 0 Å². The lowest BCUT2D eigenvalue weighted by Gasteiger charge is -2.48. The van der Waals surface area contributed by atoms with E-state index in [0.29, 0.717) is 12.0 Å². The van der Waals surface area contributed by atoms with Crippen LogP contribution >= 0.6 is 0 Å². The van der Waals surface area contributed by atoms with Crippen LogP contribution in [0.2, 0.25) is 0 Å². The fraction of sp³-hybridized carbons (Fsp3) is 0.368. The minimum Gasteiger partial charge on any atom is -0.405 e. The zero-order valence-electron chi connectivity index (χ0n) is 14.0. The van der Waals surface area contributed by atoms with Crippen molar-refractivity contribution in [2.24, 2.45) is 0 Å². The number of ether oxygens (including phenoxy) is 1. The third-order valence-corrected chi connectivity index (χ3v) is 4.71. The largest absolute Gasteiger partial charge is 0.573 e. The van der Waals surface area contributed by atoms with Crippen LogP contribution in [-0.2, 0) is 5.54 Å². The summed E-state index contributed by atoms with van der Waals surface area (Å²) in [5.41, 5.74) is 3.93. The van der Waals surface area contributed by atoms with Gasteiger partial charge in [0.15, 0.2) is 0 Å². The Morgan fingerprint density at radius 1 is 1.00 bits per heavy atom. The predicted octanol–water partition coefficient (Wildman–Crippen LogP) is 4.45. The van der Waals surface area contributed by atoms with Gasteiger partial charge in [0.25, 0.3) is 0 Å². The van der Waals surface area contributed by atoms with Crippen molar-refractivity contribution in [3.8, 4) is 5.75 Å². The van der Waals surface area contributed by atoms with Crippen molar-refractivity contribution in [2.75, 3.05) is 13.6 Å². The van der Waals surface area contributed by atoms with Gasteiger partial charge in [-0.3, -0.25) is 5.43 Å². The first-order valence-corrected chi connectivity index (χ1v) is 8.33. The quantitative estimate of drug-likeness (QED) is 0.882. The molecular formula is C19H21F3N2O. The Balaban J connectivity index is 2.20. The van der Waals surface area contributed by atoms with Crippen molar-refractivity contribution in [1.29, 1.82) is 0 Å². The fourth-order valence-corrected chi connectivity index (χ4v) is 3.75. The van der Waals surface area contributed by atoms with Gasteiger partial charge in [-0.1, -0.05) is 48.5 Å². The SMILES string of the molecule is CNN1CCCCC1(c1ccccc1)c1ccccc1OC(F)(F)F. The summed E-state index contributed by atoms with van der Waals surface area (Å²) in [5, 5.41) is 2.02.